The smallest absolute Gasteiger partial charge is 0.191 e. The predicted octanol–water partition coefficient (Wildman–Crippen LogP) is 3.00. The van der Waals surface area contributed by atoms with E-state index in [9.17, 15) is 0 Å². The van der Waals surface area contributed by atoms with Crippen LogP contribution >= 0.6 is 24.0 Å². The van der Waals surface area contributed by atoms with Crippen molar-refractivity contribution in [2.75, 3.05) is 13.7 Å². The Kier molecular flexibility index (Phi) is 10.0. The van der Waals surface area contributed by atoms with Gasteiger partial charge in [0.25, 0.3) is 0 Å². The number of fused-ring (bicyclic) bond motifs is 1. The highest BCUT2D eigenvalue weighted by Gasteiger charge is 2.22. The van der Waals surface area contributed by atoms with Crippen molar-refractivity contribution >= 4 is 29.9 Å². The summed E-state index contributed by atoms with van der Waals surface area (Å²) in [7, 11) is 1.66. The number of hydrogen-bond acceptors (Lipinski definition) is 6. The van der Waals surface area contributed by atoms with Crippen molar-refractivity contribution in [3.8, 4) is 0 Å². The lowest BCUT2D eigenvalue weighted by Crippen LogP contribution is -2.47. The molecule has 2 aromatic rings. The van der Waals surface area contributed by atoms with E-state index in [-0.39, 0.29) is 30.0 Å². The number of aliphatic imine (C=N–C) groups is 1. The number of halogens is 1. The minimum absolute atomic E-state index is 0. The van der Waals surface area contributed by atoms with Crippen LogP contribution in [0.15, 0.2) is 15.6 Å². The van der Waals surface area contributed by atoms with Crippen molar-refractivity contribution in [2.45, 2.75) is 78.1 Å². The molecule has 0 amide bonds. The van der Waals surface area contributed by atoms with Crippen molar-refractivity contribution in [3.05, 3.63) is 29.2 Å². The van der Waals surface area contributed by atoms with Crippen molar-refractivity contribution in [1.29, 1.82) is 0 Å². The minimum Gasteiger partial charge on any atom is -0.377 e. The van der Waals surface area contributed by atoms with E-state index in [1.54, 1.807) is 7.11 Å². The fourth-order valence-electron chi connectivity index (χ4n) is 3.64. The van der Waals surface area contributed by atoms with Crippen LogP contribution in [0.25, 0.3) is 0 Å². The highest BCUT2D eigenvalue weighted by molar-refractivity contribution is 14.0. The molecule has 0 fully saturated rings. The summed E-state index contributed by atoms with van der Waals surface area (Å²) < 4.78 is 12.6. The molecule has 3 rings (SSSR count). The summed E-state index contributed by atoms with van der Waals surface area (Å²) in [6.07, 6.45) is 3.99. The van der Waals surface area contributed by atoms with Crippen molar-refractivity contribution in [3.63, 3.8) is 0 Å². The lowest BCUT2D eigenvalue weighted by Gasteiger charge is -2.25. The van der Waals surface area contributed by atoms with E-state index in [0.717, 1.165) is 67.8 Å². The summed E-state index contributed by atoms with van der Waals surface area (Å²) in [5.74, 6) is 3.77. The zero-order valence-electron chi connectivity index (χ0n) is 18.3. The molecule has 0 radical (unpaired) electrons. The van der Waals surface area contributed by atoms with E-state index in [4.69, 9.17) is 9.26 Å². The topological polar surface area (TPSA) is 102 Å². The van der Waals surface area contributed by atoms with Gasteiger partial charge in [-0.2, -0.15) is 5.10 Å². The first-order valence-electron chi connectivity index (χ1n) is 10.6. The zero-order valence-corrected chi connectivity index (χ0v) is 20.7. The summed E-state index contributed by atoms with van der Waals surface area (Å²) in [5, 5.41) is 15.6. The number of rotatable bonds is 9. The van der Waals surface area contributed by atoms with Crippen LogP contribution in [0.3, 0.4) is 0 Å². The first-order valence-corrected chi connectivity index (χ1v) is 10.6. The second-order valence-electron chi connectivity index (χ2n) is 7.37. The fourth-order valence-corrected chi connectivity index (χ4v) is 3.64. The SMILES string of the molecule is CCNC(=NCc1cc(C(CC)CC)no1)NC1CCc2nc(COC)nn2C1.I. The van der Waals surface area contributed by atoms with Crippen LogP contribution in [0, 0.1) is 0 Å². The predicted molar refractivity (Wildman–Crippen MR) is 126 cm³/mol. The maximum Gasteiger partial charge on any atom is 0.191 e. The number of methoxy groups -OCH3 is 1. The molecule has 0 spiro atoms. The molecule has 0 aliphatic carbocycles. The molecule has 30 heavy (non-hydrogen) atoms. The van der Waals surface area contributed by atoms with E-state index in [1.165, 1.54) is 0 Å². The molecule has 2 N–H and O–H groups in total. The minimum atomic E-state index is 0. The lowest BCUT2D eigenvalue weighted by molar-refractivity contribution is 0.177. The Morgan fingerprint density at radius 2 is 2.17 bits per heavy atom. The Morgan fingerprint density at radius 3 is 2.87 bits per heavy atom. The Morgan fingerprint density at radius 1 is 1.37 bits per heavy atom. The first-order chi connectivity index (χ1) is 14.2. The van der Waals surface area contributed by atoms with Crippen molar-refractivity contribution < 1.29 is 9.26 Å². The Labute approximate surface area is 195 Å². The van der Waals surface area contributed by atoms with Gasteiger partial charge in [-0.1, -0.05) is 19.0 Å². The number of aryl methyl sites for hydroxylation is 1. The number of nitrogens with one attached hydrogen (secondary N) is 2. The third kappa shape index (κ3) is 6.40. The fraction of sp³-hybridized carbons (Fsp3) is 0.700. The van der Waals surface area contributed by atoms with Crippen LogP contribution in [0.1, 0.15) is 69.1 Å². The number of ether oxygens (including phenoxy) is 1. The summed E-state index contributed by atoms with van der Waals surface area (Å²) in [6, 6.07) is 2.27. The van der Waals surface area contributed by atoms with Gasteiger partial charge in [-0.15, -0.1) is 24.0 Å². The third-order valence-corrected chi connectivity index (χ3v) is 5.23. The molecule has 9 nitrogen and oxygen atoms in total. The van der Waals surface area contributed by atoms with E-state index in [1.807, 2.05) is 10.7 Å². The number of aromatic nitrogens is 4. The highest BCUT2D eigenvalue weighted by Crippen LogP contribution is 2.22. The second kappa shape index (κ2) is 12.2. The molecule has 10 heteroatoms. The summed E-state index contributed by atoms with van der Waals surface area (Å²) >= 11 is 0. The van der Waals surface area contributed by atoms with E-state index < -0.39 is 0 Å². The summed E-state index contributed by atoms with van der Waals surface area (Å²) in [4.78, 5) is 9.22. The van der Waals surface area contributed by atoms with Gasteiger partial charge in [0, 0.05) is 38.1 Å². The monoisotopic (exact) mass is 531 g/mol. The van der Waals surface area contributed by atoms with Crippen LogP contribution in [0.5, 0.6) is 0 Å². The lowest BCUT2D eigenvalue weighted by atomic mass is 9.99. The standard InChI is InChI=1S/C20H33N7O2.HI/c1-5-14(6-2)17-10-16(29-26-17)11-22-20(21-7-3)23-15-8-9-19-24-18(13-28-4)25-27(19)12-15;/h10,14-15H,5-9,11-13H2,1-4H3,(H2,21,22,23);1H. The Bertz CT molecular complexity index is 801. The van der Waals surface area contributed by atoms with Gasteiger partial charge >= 0.3 is 0 Å². The second-order valence-corrected chi connectivity index (χ2v) is 7.37. The molecule has 1 unspecified atom stereocenters. The van der Waals surface area contributed by atoms with Crippen LogP contribution in [0.4, 0.5) is 0 Å². The molecule has 0 saturated heterocycles. The molecule has 1 aliphatic heterocycles. The normalized spacial score (nSPS) is 16.3. The molecule has 1 aliphatic rings. The van der Waals surface area contributed by atoms with Gasteiger partial charge < -0.3 is 19.9 Å². The van der Waals surface area contributed by atoms with Gasteiger partial charge in [0.15, 0.2) is 17.5 Å². The average Bonchev–Trinajstić information content (AvgIpc) is 3.34. The van der Waals surface area contributed by atoms with E-state index in [0.29, 0.717) is 19.1 Å². The zero-order chi connectivity index (χ0) is 20.6. The molecule has 168 valence electrons. The third-order valence-electron chi connectivity index (χ3n) is 5.23. The van der Waals surface area contributed by atoms with Gasteiger partial charge in [-0.05, 0) is 26.2 Å². The van der Waals surface area contributed by atoms with E-state index in [2.05, 4.69) is 51.6 Å². The maximum atomic E-state index is 5.49. The molecular weight excluding hydrogens is 497 g/mol. The molecular formula is C20H34IN7O2. The number of hydrogen-bond donors (Lipinski definition) is 2. The van der Waals surface area contributed by atoms with Gasteiger partial charge in [0.05, 0.1) is 12.2 Å². The number of guanidine groups is 1. The summed E-state index contributed by atoms with van der Waals surface area (Å²) in [6.45, 7) is 8.87. The maximum absolute atomic E-state index is 5.49. The van der Waals surface area contributed by atoms with Gasteiger partial charge in [0.2, 0.25) is 0 Å². The van der Waals surface area contributed by atoms with Crippen LogP contribution in [-0.4, -0.2) is 45.6 Å². The van der Waals surface area contributed by atoms with Crippen molar-refractivity contribution in [2.24, 2.45) is 4.99 Å². The molecule has 3 heterocycles. The highest BCUT2D eigenvalue weighted by atomic mass is 127. The van der Waals surface area contributed by atoms with Gasteiger partial charge in [0.1, 0.15) is 19.0 Å². The molecule has 2 aromatic heterocycles. The van der Waals surface area contributed by atoms with Gasteiger partial charge in [-0.25, -0.2) is 14.7 Å². The van der Waals surface area contributed by atoms with Crippen LogP contribution in [-0.2, 0) is 30.9 Å². The van der Waals surface area contributed by atoms with Crippen LogP contribution in [0.2, 0.25) is 0 Å². The average molecular weight is 531 g/mol. The Hall–Kier alpha value is -1.69. The van der Waals surface area contributed by atoms with E-state index >= 15 is 0 Å². The van der Waals surface area contributed by atoms with Crippen LogP contribution < -0.4 is 10.6 Å². The van der Waals surface area contributed by atoms with Gasteiger partial charge in [-0.3, -0.25) is 0 Å². The molecule has 0 saturated carbocycles. The summed E-state index contributed by atoms with van der Waals surface area (Å²) in [5.41, 5.74) is 1.02. The van der Waals surface area contributed by atoms with Crippen molar-refractivity contribution in [1.82, 2.24) is 30.6 Å². The quantitative estimate of drug-likeness (QED) is 0.292. The molecule has 1 atom stereocenters. The largest absolute Gasteiger partial charge is 0.377 e. The number of nitrogens with zero attached hydrogens (tertiary/aromatic N) is 5. The molecule has 0 aromatic carbocycles. The first kappa shape index (κ1) is 24.6. The molecule has 0 bridgehead atoms. The Balaban J connectivity index is 0.00000320.